The molecule has 1 aromatic rings. The van der Waals surface area contributed by atoms with Crippen LogP contribution >= 0.6 is 0 Å². The Morgan fingerprint density at radius 1 is 1.29 bits per heavy atom. The van der Waals surface area contributed by atoms with Gasteiger partial charge in [0.1, 0.15) is 0 Å². The molecule has 1 atom stereocenters. The molecule has 5 nitrogen and oxygen atoms in total. The summed E-state index contributed by atoms with van der Waals surface area (Å²) in [5.74, 6) is 0.753. The van der Waals surface area contributed by atoms with Crippen molar-refractivity contribution in [3.8, 4) is 0 Å². The fourth-order valence-electron chi connectivity index (χ4n) is 3.59. The van der Waals surface area contributed by atoms with E-state index in [9.17, 15) is 8.42 Å². The fourth-order valence-corrected chi connectivity index (χ4v) is 5.29. The second-order valence-corrected chi connectivity index (χ2v) is 9.45. The maximum absolute atomic E-state index is 12.7. The molecule has 1 aromatic carbocycles. The van der Waals surface area contributed by atoms with Crippen molar-refractivity contribution in [1.82, 2.24) is 4.31 Å². The zero-order chi connectivity index (χ0) is 16.8. The van der Waals surface area contributed by atoms with Gasteiger partial charge in [-0.15, -0.1) is 0 Å². The second-order valence-electron chi connectivity index (χ2n) is 7.51. The molecule has 0 unspecified atom stereocenters. The van der Waals surface area contributed by atoms with Gasteiger partial charge in [0.15, 0.2) is 0 Å². The van der Waals surface area contributed by atoms with E-state index in [1.165, 1.54) is 17.1 Å². The predicted molar refractivity (Wildman–Crippen MR) is 90.3 cm³/mol. The first-order valence-electron chi connectivity index (χ1n) is 8.79. The number of ether oxygens (including phenoxy) is 2. The molecule has 3 aliphatic rings. The average Bonchev–Trinajstić information content (AvgIpc) is 3.35. The number of nitrogens with zero attached hydrogens (tertiary/aromatic N) is 1. The van der Waals surface area contributed by atoms with Gasteiger partial charge in [0.2, 0.25) is 10.0 Å². The van der Waals surface area contributed by atoms with Crippen LogP contribution in [0.25, 0.3) is 0 Å². The first kappa shape index (κ1) is 16.5. The van der Waals surface area contributed by atoms with Gasteiger partial charge >= 0.3 is 0 Å². The molecule has 2 saturated heterocycles. The van der Waals surface area contributed by atoms with Gasteiger partial charge < -0.3 is 9.47 Å². The van der Waals surface area contributed by atoms with Gasteiger partial charge in [-0.1, -0.05) is 12.1 Å². The molecule has 6 heteroatoms. The highest BCUT2D eigenvalue weighted by Gasteiger charge is 2.52. The van der Waals surface area contributed by atoms with E-state index in [1.54, 1.807) is 18.2 Å². The molecule has 1 saturated carbocycles. The Bertz CT molecular complexity index is 707. The molecule has 0 radical (unpaired) electrons. The van der Waals surface area contributed by atoms with E-state index >= 15 is 0 Å². The van der Waals surface area contributed by atoms with Crippen LogP contribution in [-0.2, 0) is 19.5 Å². The molecule has 0 N–H and O–H groups in total. The van der Waals surface area contributed by atoms with Gasteiger partial charge in [-0.3, -0.25) is 0 Å². The molecular formula is C18H25NO4S. The summed E-state index contributed by atoms with van der Waals surface area (Å²) in [5.41, 5.74) is 0.609. The minimum Gasteiger partial charge on any atom is -0.378 e. The maximum atomic E-state index is 12.7. The lowest BCUT2D eigenvalue weighted by atomic mass is 9.86. The Morgan fingerprint density at radius 2 is 2.08 bits per heavy atom. The largest absolute Gasteiger partial charge is 0.378 e. The third kappa shape index (κ3) is 3.25. The quantitative estimate of drug-likeness (QED) is 0.817. The van der Waals surface area contributed by atoms with E-state index in [4.69, 9.17) is 9.47 Å². The number of sulfonamides is 1. The molecule has 0 amide bonds. The summed E-state index contributed by atoms with van der Waals surface area (Å²) < 4.78 is 39.0. The summed E-state index contributed by atoms with van der Waals surface area (Å²) in [5, 5.41) is 0. The normalized spacial score (nSPS) is 27.1. The summed E-state index contributed by atoms with van der Waals surface area (Å²) in [4.78, 5) is 0.370. The van der Waals surface area contributed by atoms with Crippen molar-refractivity contribution in [2.24, 2.45) is 5.92 Å². The van der Waals surface area contributed by atoms with Crippen molar-refractivity contribution in [2.45, 2.75) is 49.2 Å². The highest BCUT2D eigenvalue weighted by atomic mass is 32.2. The van der Waals surface area contributed by atoms with E-state index in [-0.39, 0.29) is 11.7 Å². The summed E-state index contributed by atoms with van der Waals surface area (Å²) >= 11 is 0. The topological polar surface area (TPSA) is 55.8 Å². The molecular weight excluding hydrogens is 326 g/mol. The van der Waals surface area contributed by atoms with E-state index in [0.29, 0.717) is 24.6 Å². The Kier molecular flexibility index (Phi) is 4.19. The smallest absolute Gasteiger partial charge is 0.243 e. The van der Waals surface area contributed by atoms with Crippen LogP contribution in [0.15, 0.2) is 29.2 Å². The molecule has 24 heavy (non-hydrogen) atoms. The van der Waals surface area contributed by atoms with E-state index in [0.717, 1.165) is 30.9 Å². The number of hydrogen-bond acceptors (Lipinski definition) is 4. The van der Waals surface area contributed by atoms with Crippen LogP contribution in [0.5, 0.6) is 0 Å². The van der Waals surface area contributed by atoms with Crippen molar-refractivity contribution in [1.29, 1.82) is 0 Å². The summed E-state index contributed by atoms with van der Waals surface area (Å²) in [6.45, 7) is 4.29. The standard InChI is InChI=1S/C18H25NO4S/c1-14-3-2-4-17(9-14)24(20,21)19-12-18(13-19)10-16(7-8-23-18)22-11-15-5-6-15/h2-4,9,15-16H,5-8,10-13H2,1H3/t16-/m1/s1. The first-order valence-corrected chi connectivity index (χ1v) is 10.2. The summed E-state index contributed by atoms with van der Waals surface area (Å²) in [6, 6.07) is 7.08. The summed E-state index contributed by atoms with van der Waals surface area (Å²) in [7, 11) is -3.42. The van der Waals surface area contributed by atoms with Gasteiger partial charge in [-0.25, -0.2) is 8.42 Å². The van der Waals surface area contributed by atoms with Crippen molar-refractivity contribution in [3.05, 3.63) is 29.8 Å². The van der Waals surface area contributed by atoms with Crippen LogP contribution in [0, 0.1) is 12.8 Å². The molecule has 1 aliphatic carbocycles. The first-order chi connectivity index (χ1) is 11.5. The Morgan fingerprint density at radius 3 is 2.79 bits per heavy atom. The van der Waals surface area contributed by atoms with Gasteiger partial charge in [0.25, 0.3) is 0 Å². The van der Waals surface area contributed by atoms with Gasteiger partial charge in [-0.2, -0.15) is 4.31 Å². The lowest BCUT2D eigenvalue weighted by Crippen LogP contribution is -2.67. The van der Waals surface area contributed by atoms with E-state index in [1.807, 2.05) is 13.0 Å². The highest BCUT2D eigenvalue weighted by molar-refractivity contribution is 7.89. The SMILES string of the molecule is Cc1cccc(S(=O)(=O)N2CC3(C[C@H](OCC4CC4)CCO3)C2)c1. The zero-order valence-electron chi connectivity index (χ0n) is 14.1. The Labute approximate surface area is 144 Å². The third-order valence-corrected chi connectivity index (χ3v) is 7.06. The molecule has 3 fully saturated rings. The molecule has 2 heterocycles. The van der Waals surface area contributed by atoms with E-state index in [2.05, 4.69) is 0 Å². The van der Waals surface area contributed by atoms with Crippen molar-refractivity contribution < 1.29 is 17.9 Å². The molecule has 4 rings (SSSR count). The molecule has 2 aliphatic heterocycles. The maximum Gasteiger partial charge on any atom is 0.243 e. The van der Waals surface area contributed by atoms with Gasteiger partial charge in [-0.05, 0) is 49.8 Å². The van der Waals surface area contributed by atoms with Crippen LogP contribution in [0.1, 0.15) is 31.2 Å². The monoisotopic (exact) mass is 351 g/mol. The molecule has 1 spiro atoms. The average molecular weight is 351 g/mol. The molecule has 0 aromatic heterocycles. The van der Waals surface area contributed by atoms with Gasteiger partial charge in [0.05, 0.1) is 16.6 Å². The van der Waals surface area contributed by atoms with Crippen LogP contribution in [-0.4, -0.2) is 50.7 Å². The minimum atomic E-state index is -3.42. The van der Waals surface area contributed by atoms with Crippen LogP contribution < -0.4 is 0 Å². The number of rotatable bonds is 5. The van der Waals surface area contributed by atoms with Crippen molar-refractivity contribution >= 4 is 10.0 Å². The number of aryl methyl sites for hydroxylation is 1. The zero-order valence-corrected chi connectivity index (χ0v) is 14.9. The van der Waals surface area contributed by atoms with Crippen LogP contribution in [0.3, 0.4) is 0 Å². The highest BCUT2D eigenvalue weighted by Crippen LogP contribution is 2.39. The predicted octanol–water partition coefficient (Wildman–Crippen LogP) is 2.34. The van der Waals surface area contributed by atoms with Crippen LogP contribution in [0.2, 0.25) is 0 Å². The Balaban J connectivity index is 1.39. The Hall–Kier alpha value is -0.950. The van der Waals surface area contributed by atoms with Gasteiger partial charge in [0, 0.05) is 32.7 Å². The number of benzene rings is 1. The lowest BCUT2D eigenvalue weighted by molar-refractivity contribution is -0.179. The van der Waals surface area contributed by atoms with Crippen molar-refractivity contribution in [2.75, 3.05) is 26.3 Å². The summed E-state index contributed by atoms with van der Waals surface area (Å²) in [6.07, 6.45) is 4.51. The molecule has 0 bridgehead atoms. The second kappa shape index (κ2) is 6.09. The van der Waals surface area contributed by atoms with Crippen molar-refractivity contribution in [3.63, 3.8) is 0 Å². The molecule has 132 valence electrons. The number of hydrogen-bond donors (Lipinski definition) is 0. The third-order valence-electron chi connectivity index (χ3n) is 5.27. The minimum absolute atomic E-state index is 0.211. The fraction of sp³-hybridized carbons (Fsp3) is 0.667. The van der Waals surface area contributed by atoms with Crippen LogP contribution in [0.4, 0.5) is 0 Å². The van der Waals surface area contributed by atoms with E-state index < -0.39 is 10.0 Å². The lowest BCUT2D eigenvalue weighted by Gasteiger charge is -2.52.